The van der Waals surface area contributed by atoms with Gasteiger partial charge in [0.05, 0.1) is 24.8 Å². The van der Waals surface area contributed by atoms with Crippen LogP contribution in [0.15, 0.2) is 12.1 Å². The molecule has 5 nitrogen and oxygen atoms in total. The van der Waals surface area contributed by atoms with E-state index in [-0.39, 0.29) is 6.10 Å². The van der Waals surface area contributed by atoms with E-state index < -0.39 is 0 Å². The van der Waals surface area contributed by atoms with Crippen molar-refractivity contribution in [1.29, 1.82) is 0 Å². The number of aromatic nitrogens is 3. The fraction of sp³-hybridized carbons (Fsp3) is 0.500. The van der Waals surface area contributed by atoms with Crippen molar-refractivity contribution in [1.82, 2.24) is 14.5 Å². The van der Waals surface area contributed by atoms with E-state index in [1.54, 1.807) is 14.2 Å². The molecule has 0 radical (unpaired) electrons. The summed E-state index contributed by atoms with van der Waals surface area (Å²) in [6.45, 7) is 3.11. The fourth-order valence-electron chi connectivity index (χ4n) is 1.88. The first-order valence-corrected chi connectivity index (χ1v) is 6.14. The smallest absolute Gasteiger partial charge is 0.179 e. The lowest BCUT2D eigenvalue weighted by Crippen LogP contribution is -2.24. The molecule has 2 rings (SSSR count). The Morgan fingerprint density at radius 1 is 1.44 bits per heavy atom. The zero-order valence-corrected chi connectivity index (χ0v) is 11.6. The summed E-state index contributed by atoms with van der Waals surface area (Å²) in [5, 5.41) is 0. The highest BCUT2D eigenvalue weighted by Crippen LogP contribution is 2.13. The average Bonchev–Trinajstić information content (AvgIpc) is 2.65. The van der Waals surface area contributed by atoms with Crippen molar-refractivity contribution >= 4 is 23.4 Å². The number of hydrogen-bond donors (Lipinski definition) is 1. The van der Waals surface area contributed by atoms with Crippen molar-refractivity contribution in [2.75, 3.05) is 20.8 Å². The molecule has 0 saturated heterocycles. The second-order valence-electron chi connectivity index (χ2n) is 4.18. The van der Waals surface area contributed by atoms with Gasteiger partial charge in [-0.2, -0.15) is 0 Å². The molecule has 0 aromatic carbocycles. The third-order valence-corrected chi connectivity index (χ3v) is 3.15. The van der Waals surface area contributed by atoms with Gasteiger partial charge in [-0.15, -0.1) is 0 Å². The second-order valence-corrected chi connectivity index (χ2v) is 4.56. The van der Waals surface area contributed by atoms with Crippen molar-refractivity contribution in [2.45, 2.75) is 19.6 Å². The number of imidazole rings is 1. The van der Waals surface area contributed by atoms with Crippen LogP contribution < -0.4 is 0 Å². The molecule has 0 amide bonds. The Labute approximate surface area is 111 Å². The van der Waals surface area contributed by atoms with E-state index >= 15 is 0 Å². The van der Waals surface area contributed by atoms with Crippen LogP contribution in [0.1, 0.15) is 5.69 Å². The fourth-order valence-corrected chi connectivity index (χ4v) is 2.15. The first-order chi connectivity index (χ1) is 8.65. The Morgan fingerprint density at radius 3 is 2.89 bits per heavy atom. The number of H-pyrrole nitrogens is 1. The molecule has 1 atom stereocenters. The molecular weight excluding hydrogens is 250 g/mol. The van der Waals surface area contributed by atoms with Crippen molar-refractivity contribution in [3.05, 3.63) is 22.6 Å². The Hall–Kier alpha value is -1.24. The number of fused-ring (bicyclic) bond motifs is 1. The van der Waals surface area contributed by atoms with Crippen molar-refractivity contribution < 1.29 is 9.47 Å². The topological polar surface area (TPSA) is 52.1 Å². The summed E-state index contributed by atoms with van der Waals surface area (Å²) >= 11 is 5.32. The van der Waals surface area contributed by atoms with Gasteiger partial charge in [0.2, 0.25) is 0 Å². The molecular formula is C12H17N3O2S. The first kappa shape index (κ1) is 13.2. The molecule has 2 heterocycles. The van der Waals surface area contributed by atoms with Crippen LogP contribution in [-0.2, 0) is 16.0 Å². The quantitative estimate of drug-likeness (QED) is 0.843. The zero-order valence-electron chi connectivity index (χ0n) is 10.8. The Kier molecular flexibility index (Phi) is 4.11. The van der Waals surface area contributed by atoms with E-state index in [4.69, 9.17) is 21.7 Å². The minimum atomic E-state index is -0.0389. The van der Waals surface area contributed by atoms with Gasteiger partial charge >= 0.3 is 0 Å². The van der Waals surface area contributed by atoms with Crippen LogP contribution in [0.4, 0.5) is 0 Å². The number of methoxy groups -OCH3 is 2. The van der Waals surface area contributed by atoms with E-state index in [1.165, 1.54) is 0 Å². The molecule has 2 aromatic heterocycles. The van der Waals surface area contributed by atoms with Crippen LogP contribution in [0, 0.1) is 11.7 Å². The normalized spacial score (nSPS) is 13.1. The summed E-state index contributed by atoms with van der Waals surface area (Å²) in [6, 6.07) is 3.95. The molecule has 2 aromatic rings. The maximum Gasteiger partial charge on any atom is 0.179 e. The molecule has 0 saturated carbocycles. The number of nitrogens with one attached hydrogen (secondary N) is 1. The van der Waals surface area contributed by atoms with Gasteiger partial charge in [-0.1, -0.05) is 0 Å². The van der Waals surface area contributed by atoms with Crippen LogP contribution in [0.5, 0.6) is 0 Å². The molecule has 0 bridgehead atoms. The molecule has 98 valence electrons. The molecule has 1 N–H and O–H groups in total. The van der Waals surface area contributed by atoms with Crippen molar-refractivity contribution in [3.63, 3.8) is 0 Å². The van der Waals surface area contributed by atoms with Gasteiger partial charge in [0.25, 0.3) is 0 Å². The lowest BCUT2D eigenvalue weighted by atomic mass is 10.3. The predicted octanol–water partition coefficient (Wildman–Crippen LogP) is 2.06. The Bertz CT molecular complexity index is 591. The maximum atomic E-state index is 5.36. The maximum absolute atomic E-state index is 5.36. The van der Waals surface area contributed by atoms with Crippen LogP contribution in [-0.4, -0.2) is 41.5 Å². The summed E-state index contributed by atoms with van der Waals surface area (Å²) < 4.78 is 13.1. The standard InChI is InChI=1S/C12H17N3O2S/c1-8-4-5-10-11(13-8)15(12(18)14-10)6-9(17-3)7-16-2/h4-5,9H,6-7H2,1-3H3,(H,14,18). The highest BCUT2D eigenvalue weighted by Gasteiger charge is 2.12. The van der Waals surface area contributed by atoms with Gasteiger partial charge in [-0.25, -0.2) is 4.98 Å². The SMILES string of the molecule is COCC(Cn1c(=S)[nH]c2ccc(C)nc21)OC. The molecule has 6 heteroatoms. The zero-order chi connectivity index (χ0) is 13.1. The van der Waals surface area contributed by atoms with Gasteiger partial charge in [0.1, 0.15) is 0 Å². The lowest BCUT2D eigenvalue weighted by Gasteiger charge is -2.15. The molecule has 0 aliphatic carbocycles. The molecule has 0 aliphatic heterocycles. The number of ether oxygens (including phenoxy) is 2. The van der Waals surface area contributed by atoms with E-state index in [0.29, 0.717) is 17.9 Å². The van der Waals surface area contributed by atoms with Gasteiger partial charge in [0, 0.05) is 19.9 Å². The lowest BCUT2D eigenvalue weighted by molar-refractivity contribution is 0.0187. The molecule has 18 heavy (non-hydrogen) atoms. The number of rotatable bonds is 5. The number of hydrogen-bond acceptors (Lipinski definition) is 4. The average molecular weight is 267 g/mol. The number of pyridine rings is 1. The second kappa shape index (κ2) is 5.60. The molecule has 0 spiro atoms. The summed E-state index contributed by atoms with van der Waals surface area (Å²) in [7, 11) is 3.32. The Morgan fingerprint density at radius 2 is 2.22 bits per heavy atom. The van der Waals surface area contributed by atoms with Crippen LogP contribution in [0.2, 0.25) is 0 Å². The predicted molar refractivity (Wildman–Crippen MR) is 72.3 cm³/mol. The van der Waals surface area contributed by atoms with Gasteiger partial charge in [0.15, 0.2) is 10.4 Å². The van der Waals surface area contributed by atoms with Gasteiger partial charge in [-0.3, -0.25) is 4.57 Å². The molecule has 1 unspecified atom stereocenters. The summed E-state index contributed by atoms with van der Waals surface area (Å²) in [5.41, 5.74) is 2.77. The monoisotopic (exact) mass is 267 g/mol. The highest BCUT2D eigenvalue weighted by molar-refractivity contribution is 7.71. The number of aromatic amines is 1. The van der Waals surface area contributed by atoms with Crippen LogP contribution >= 0.6 is 12.2 Å². The largest absolute Gasteiger partial charge is 0.382 e. The summed E-state index contributed by atoms with van der Waals surface area (Å²) in [5.74, 6) is 0. The molecule has 0 fully saturated rings. The first-order valence-electron chi connectivity index (χ1n) is 5.73. The van der Waals surface area contributed by atoms with Crippen molar-refractivity contribution in [3.8, 4) is 0 Å². The van der Waals surface area contributed by atoms with E-state index in [0.717, 1.165) is 16.9 Å². The van der Waals surface area contributed by atoms with Crippen LogP contribution in [0.3, 0.4) is 0 Å². The summed E-state index contributed by atoms with van der Waals surface area (Å²) in [6.07, 6.45) is -0.0389. The third kappa shape index (κ3) is 2.60. The number of nitrogens with zero attached hydrogens (tertiary/aromatic N) is 2. The van der Waals surface area contributed by atoms with E-state index in [2.05, 4.69) is 9.97 Å². The number of aryl methyl sites for hydroxylation is 1. The third-order valence-electron chi connectivity index (χ3n) is 2.83. The van der Waals surface area contributed by atoms with Crippen LogP contribution in [0.25, 0.3) is 11.2 Å². The van der Waals surface area contributed by atoms with E-state index in [1.807, 2.05) is 23.6 Å². The van der Waals surface area contributed by atoms with E-state index in [9.17, 15) is 0 Å². The molecule has 0 aliphatic rings. The van der Waals surface area contributed by atoms with Gasteiger partial charge in [-0.05, 0) is 31.3 Å². The highest BCUT2D eigenvalue weighted by atomic mass is 32.1. The minimum Gasteiger partial charge on any atom is -0.382 e. The van der Waals surface area contributed by atoms with Crippen molar-refractivity contribution in [2.24, 2.45) is 0 Å². The minimum absolute atomic E-state index is 0.0389. The van der Waals surface area contributed by atoms with Gasteiger partial charge < -0.3 is 14.5 Å². The summed E-state index contributed by atoms with van der Waals surface area (Å²) in [4.78, 5) is 7.66. The Balaban J connectivity index is 2.40.